The van der Waals surface area contributed by atoms with Crippen molar-refractivity contribution in [2.75, 3.05) is 6.54 Å². The van der Waals surface area contributed by atoms with Gasteiger partial charge in [-0.3, -0.25) is 4.79 Å². The molecule has 0 radical (unpaired) electrons. The third-order valence-corrected chi connectivity index (χ3v) is 3.94. The Morgan fingerprint density at radius 3 is 2.71 bits per heavy atom. The average Bonchev–Trinajstić information content (AvgIpc) is 2.92. The van der Waals surface area contributed by atoms with Crippen LogP contribution < -0.4 is 9.72 Å². The number of pyridine rings is 1. The minimum atomic E-state index is -0.109. The second-order valence-corrected chi connectivity index (χ2v) is 7.49. The van der Waals surface area contributed by atoms with Gasteiger partial charge in [-0.2, -0.15) is 4.40 Å². The molecule has 0 bridgehead atoms. The number of nitrogens with one attached hydrogen (secondary N) is 2. The van der Waals surface area contributed by atoms with Crippen LogP contribution >= 0.6 is 11.6 Å². The monoisotopic (exact) mass is 342 g/mol. The summed E-state index contributed by atoms with van der Waals surface area (Å²) in [5, 5.41) is 3.66. The van der Waals surface area contributed by atoms with Crippen LogP contribution in [0.5, 0.6) is 0 Å². The number of rotatable bonds is 3. The fourth-order valence-electron chi connectivity index (χ4n) is 2.54. The Bertz CT molecular complexity index is 893. The first-order chi connectivity index (χ1) is 11.3. The molecule has 2 heterocycles. The molecule has 124 valence electrons. The Labute approximate surface area is 146 Å². The Morgan fingerprint density at radius 1 is 1.21 bits per heavy atom. The molecular formula is C19H21ClN3O+. The lowest BCUT2D eigenvalue weighted by Crippen LogP contribution is -2.32. The second-order valence-electron chi connectivity index (χ2n) is 7.06. The van der Waals surface area contributed by atoms with Gasteiger partial charge in [-0.15, -0.1) is 0 Å². The van der Waals surface area contributed by atoms with Gasteiger partial charge in [-0.25, -0.2) is 4.98 Å². The SMILES string of the molecule is CC(C)(C)CNC(=O)c1[nH]c(-c2cccc(Cl)c2)[n+]2ccccc12. The van der Waals surface area contributed by atoms with Crippen molar-refractivity contribution in [3.05, 3.63) is 59.4 Å². The fourth-order valence-corrected chi connectivity index (χ4v) is 2.73. The van der Waals surface area contributed by atoms with Crippen LogP contribution in [0.2, 0.25) is 5.02 Å². The molecule has 0 atom stereocenters. The highest BCUT2D eigenvalue weighted by Crippen LogP contribution is 2.21. The molecule has 0 spiro atoms. The minimum Gasteiger partial charge on any atom is -0.348 e. The minimum absolute atomic E-state index is 0.0288. The van der Waals surface area contributed by atoms with E-state index in [0.717, 1.165) is 16.9 Å². The Balaban J connectivity index is 2.05. The number of carbonyl (C=O) groups excluding carboxylic acids is 1. The van der Waals surface area contributed by atoms with Gasteiger partial charge in [0.05, 0.1) is 11.8 Å². The van der Waals surface area contributed by atoms with Crippen molar-refractivity contribution in [3.63, 3.8) is 0 Å². The molecule has 0 saturated carbocycles. The van der Waals surface area contributed by atoms with E-state index in [1.54, 1.807) is 0 Å². The lowest BCUT2D eigenvalue weighted by atomic mass is 9.97. The van der Waals surface area contributed by atoms with Crippen LogP contribution in [0, 0.1) is 5.41 Å². The van der Waals surface area contributed by atoms with Crippen LogP contribution in [0.15, 0.2) is 48.7 Å². The van der Waals surface area contributed by atoms with Crippen molar-refractivity contribution in [3.8, 4) is 11.4 Å². The summed E-state index contributed by atoms with van der Waals surface area (Å²) >= 11 is 6.11. The lowest BCUT2D eigenvalue weighted by molar-refractivity contribution is -0.498. The van der Waals surface area contributed by atoms with Crippen LogP contribution in [0.25, 0.3) is 16.9 Å². The molecule has 0 saturated heterocycles. The van der Waals surface area contributed by atoms with E-state index >= 15 is 0 Å². The first kappa shape index (κ1) is 16.5. The number of aromatic nitrogens is 2. The second kappa shape index (κ2) is 6.29. The molecule has 5 heteroatoms. The third kappa shape index (κ3) is 3.44. The topological polar surface area (TPSA) is 49.0 Å². The van der Waals surface area contributed by atoms with Crippen molar-refractivity contribution in [2.45, 2.75) is 20.8 Å². The molecule has 1 aromatic carbocycles. The Hall–Kier alpha value is -2.33. The van der Waals surface area contributed by atoms with Gasteiger partial charge in [-0.1, -0.05) is 44.5 Å². The fraction of sp³-hybridized carbons (Fsp3) is 0.263. The first-order valence-electron chi connectivity index (χ1n) is 7.92. The summed E-state index contributed by atoms with van der Waals surface area (Å²) in [7, 11) is 0. The number of H-pyrrole nitrogens is 1. The van der Waals surface area contributed by atoms with E-state index in [4.69, 9.17) is 11.6 Å². The zero-order valence-electron chi connectivity index (χ0n) is 14.1. The van der Waals surface area contributed by atoms with Crippen LogP contribution in [0.1, 0.15) is 31.3 Å². The largest absolute Gasteiger partial charge is 0.348 e. The van der Waals surface area contributed by atoms with Gasteiger partial charge < -0.3 is 5.32 Å². The third-order valence-electron chi connectivity index (χ3n) is 3.70. The zero-order valence-corrected chi connectivity index (χ0v) is 14.8. The number of imidazole rings is 1. The maximum absolute atomic E-state index is 12.6. The van der Waals surface area contributed by atoms with E-state index in [1.165, 1.54) is 0 Å². The average molecular weight is 343 g/mol. The van der Waals surface area contributed by atoms with Crippen molar-refractivity contribution in [1.82, 2.24) is 10.3 Å². The van der Waals surface area contributed by atoms with Gasteiger partial charge >= 0.3 is 0 Å². The molecule has 0 aliphatic carbocycles. The van der Waals surface area contributed by atoms with E-state index in [0.29, 0.717) is 17.3 Å². The zero-order chi connectivity index (χ0) is 17.3. The van der Waals surface area contributed by atoms with Gasteiger partial charge in [0, 0.05) is 11.6 Å². The number of carbonyl (C=O) groups is 1. The number of hydrogen-bond donors (Lipinski definition) is 2. The normalized spacial score (nSPS) is 11.7. The molecule has 3 rings (SSSR count). The molecule has 24 heavy (non-hydrogen) atoms. The molecule has 0 aliphatic rings. The van der Waals surface area contributed by atoms with Gasteiger partial charge in [0.15, 0.2) is 5.52 Å². The highest BCUT2D eigenvalue weighted by molar-refractivity contribution is 6.30. The van der Waals surface area contributed by atoms with E-state index in [1.807, 2.05) is 53.1 Å². The number of benzene rings is 1. The Kier molecular flexibility index (Phi) is 4.33. The van der Waals surface area contributed by atoms with E-state index < -0.39 is 0 Å². The predicted octanol–water partition coefficient (Wildman–Crippen LogP) is 3.85. The number of amides is 1. The Morgan fingerprint density at radius 2 is 2.00 bits per heavy atom. The van der Waals surface area contributed by atoms with Crippen molar-refractivity contribution < 1.29 is 9.20 Å². The summed E-state index contributed by atoms with van der Waals surface area (Å²) in [4.78, 5) is 15.9. The molecule has 3 aromatic rings. The van der Waals surface area contributed by atoms with E-state index in [2.05, 4.69) is 31.1 Å². The van der Waals surface area contributed by atoms with Crippen molar-refractivity contribution >= 4 is 23.0 Å². The molecule has 2 aromatic heterocycles. The summed E-state index contributed by atoms with van der Waals surface area (Å²) in [6, 6.07) is 13.4. The summed E-state index contributed by atoms with van der Waals surface area (Å²) in [6.45, 7) is 6.88. The lowest BCUT2D eigenvalue weighted by Gasteiger charge is -2.17. The molecule has 1 amide bonds. The number of aromatic amines is 1. The van der Waals surface area contributed by atoms with Crippen LogP contribution in [-0.4, -0.2) is 17.4 Å². The van der Waals surface area contributed by atoms with Crippen molar-refractivity contribution in [2.24, 2.45) is 5.41 Å². The smallest absolute Gasteiger partial charge is 0.295 e. The maximum Gasteiger partial charge on any atom is 0.295 e. The summed E-state index contributed by atoms with van der Waals surface area (Å²) in [5.74, 6) is 0.718. The van der Waals surface area contributed by atoms with Crippen LogP contribution in [0.3, 0.4) is 0 Å². The molecule has 4 nitrogen and oxygen atoms in total. The highest BCUT2D eigenvalue weighted by Gasteiger charge is 2.25. The predicted molar refractivity (Wildman–Crippen MR) is 96.2 cm³/mol. The van der Waals surface area contributed by atoms with E-state index in [-0.39, 0.29) is 11.3 Å². The quantitative estimate of drug-likeness (QED) is 0.698. The molecule has 0 aliphatic heterocycles. The summed E-state index contributed by atoms with van der Waals surface area (Å²) in [6.07, 6.45) is 1.93. The van der Waals surface area contributed by atoms with Gasteiger partial charge in [0.2, 0.25) is 5.69 Å². The number of halogens is 1. The van der Waals surface area contributed by atoms with Gasteiger partial charge in [0.25, 0.3) is 11.7 Å². The van der Waals surface area contributed by atoms with Gasteiger partial charge in [0.1, 0.15) is 0 Å². The van der Waals surface area contributed by atoms with Crippen LogP contribution in [-0.2, 0) is 0 Å². The maximum atomic E-state index is 12.6. The standard InChI is InChI=1S/C19H20ClN3O/c1-19(2,3)12-21-18(24)16-15-9-4-5-10-23(15)17(22-16)13-7-6-8-14(20)11-13/h4-11H,12H2,1-3H3,(H,21,24)/p+1. The number of hydrogen-bond acceptors (Lipinski definition) is 1. The van der Waals surface area contributed by atoms with Crippen LogP contribution in [0.4, 0.5) is 0 Å². The molecule has 2 N–H and O–H groups in total. The van der Waals surface area contributed by atoms with E-state index in [9.17, 15) is 4.79 Å². The van der Waals surface area contributed by atoms with Gasteiger partial charge in [-0.05, 0) is 35.7 Å². The molecule has 0 fully saturated rings. The molecule has 0 unspecified atom stereocenters. The first-order valence-corrected chi connectivity index (χ1v) is 8.29. The highest BCUT2D eigenvalue weighted by atomic mass is 35.5. The number of nitrogens with zero attached hydrogens (tertiary/aromatic N) is 1. The van der Waals surface area contributed by atoms with Crippen molar-refractivity contribution in [1.29, 1.82) is 0 Å². The summed E-state index contributed by atoms with van der Waals surface area (Å²) < 4.78 is 1.97. The summed E-state index contributed by atoms with van der Waals surface area (Å²) in [5.41, 5.74) is 2.34. The number of fused-ring (bicyclic) bond motifs is 1. The molecular weight excluding hydrogens is 322 g/mol.